The molecular weight excluding hydrogens is 523 g/mol. The number of alkyl halides is 3. The van der Waals surface area contributed by atoms with Crippen molar-refractivity contribution in [3.63, 3.8) is 0 Å². The highest BCUT2D eigenvalue weighted by atomic mass is 19.4. The molecule has 1 aliphatic heterocycles. The van der Waals surface area contributed by atoms with Gasteiger partial charge in [0.15, 0.2) is 5.78 Å². The van der Waals surface area contributed by atoms with E-state index in [2.05, 4.69) is 16.0 Å². The Hall–Kier alpha value is -3.19. The number of Topliss-reactive ketones (excluding diaryl/α,β-unsaturated/α-hetero) is 1. The van der Waals surface area contributed by atoms with E-state index in [0.29, 0.717) is 6.42 Å². The molecule has 6 atom stereocenters. The number of hydrogen-bond acceptors (Lipinski definition) is 6. The van der Waals surface area contributed by atoms with Gasteiger partial charge in [0, 0.05) is 26.6 Å². The normalized spacial score (nSPS) is 19.2. The number of carbonyl (C=O) groups excluding carboxylic acids is 6. The molecule has 0 aromatic heterocycles. The largest absolute Gasteiger partial charge is 0.399 e. The van der Waals surface area contributed by atoms with Crippen molar-refractivity contribution >= 4 is 35.3 Å². The standard InChI is InChI=1S/C25H40F3N5O6/c1-8-32(9-2)23(38)13(3)19(25(26,27)28)20(35)14(4)30-22(37)18-11-10-12-33(18)24(39)16(6)31-21(36)15(5)29-17(7)34/h13-16,18-19H,8-12H2,1-7H3,(H,29,34)(H,30,37)(H,31,36)/t13?,14-,15-,16-,18-,19?/m0/s1. The third-order valence-corrected chi connectivity index (χ3v) is 6.79. The number of hydrogen-bond donors (Lipinski definition) is 3. The summed E-state index contributed by atoms with van der Waals surface area (Å²) >= 11 is 0. The highest BCUT2D eigenvalue weighted by Crippen LogP contribution is 2.35. The summed E-state index contributed by atoms with van der Waals surface area (Å²) in [6.45, 7) is 10.00. The first-order chi connectivity index (χ1) is 18.0. The van der Waals surface area contributed by atoms with Crippen LogP contribution in [0.15, 0.2) is 0 Å². The topological polar surface area (TPSA) is 145 Å². The molecule has 14 heteroatoms. The molecule has 5 amide bonds. The predicted molar refractivity (Wildman–Crippen MR) is 135 cm³/mol. The molecule has 0 aromatic rings. The van der Waals surface area contributed by atoms with Crippen LogP contribution in [0.4, 0.5) is 13.2 Å². The number of ketones is 1. The first kappa shape index (κ1) is 33.8. The Labute approximate surface area is 226 Å². The van der Waals surface area contributed by atoms with E-state index in [9.17, 15) is 41.9 Å². The zero-order valence-corrected chi connectivity index (χ0v) is 23.5. The number of halogens is 3. The molecule has 222 valence electrons. The van der Waals surface area contributed by atoms with E-state index < -0.39 is 77.5 Å². The number of rotatable bonds is 12. The van der Waals surface area contributed by atoms with Gasteiger partial charge in [0.2, 0.25) is 29.5 Å². The molecule has 39 heavy (non-hydrogen) atoms. The monoisotopic (exact) mass is 563 g/mol. The second kappa shape index (κ2) is 14.3. The van der Waals surface area contributed by atoms with E-state index in [4.69, 9.17) is 0 Å². The molecule has 1 aliphatic rings. The zero-order chi connectivity index (χ0) is 30.2. The average molecular weight is 564 g/mol. The third-order valence-electron chi connectivity index (χ3n) is 6.79. The van der Waals surface area contributed by atoms with Crippen molar-refractivity contribution in [2.45, 2.75) is 91.7 Å². The summed E-state index contributed by atoms with van der Waals surface area (Å²) in [5.41, 5.74) is 0. The molecule has 1 fully saturated rings. The molecule has 2 unspecified atom stereocenters. The van der Waals surface area contributed by atoms with E-state index in [1.165, 1.54) is 30.6 Å². The maximum Gasteiger partial charge on any atom is 0.399 e. The quantitative estimate of drug-likeness (QED) is 0.320. The summed E-state index contributed by atoms with van der Waals surface area (Å²) in [6.07, 6.45) is -4.38. The fourth-order valence-corrected chi connectivity index (χ4v) is 4.63. The lowest BCUT2D eigenvalue weighted by Crippen LogP contribution is -2.57. The van der Waals surface area contributed by atoms with Gasteiger partial charge in [-0.2, -0.15) is 13.2 Å². The average Bonchev–Trinajstić information content (AvgIpc) is 3.32. The van der Waals surface area contributed by atoms with Gasteiger partial charge in [-0.1, -0.05) is 6.92 Å². The molecule has 1 rings (SSSR count). The highest BCUT2D eigenvalue weighted by molar-refractivity contribution is 5.97. The minimum atomic E-state index is -5.02. The number of likely N-dealkylation sites (tertiary alicyclic amines) is 1. The number of carbonyl (C=O) groups is 6. The lowest BCUT2D eigenvalue weighted by Gasteiger charge is -2.31. The summed E-state index contributed by atoms with van der Waals surface area (Å²) in [5, 5.41) is 7.14. The van der Waals surface area contributed by atoms with Crippen LogP contribution < -0.4 is 16.0 Å². The van der Waals surface area contributed by atoms with Crippen molar-refractivity contribution in [1.82, 2.24) is 25.8 Å². The molecule has 0 radical (unpaired) electrons. The van der Waals surface area contributed by atoms with Crippen molar-refractivity contribution in [3.05, 3.63) is 0 Å². The molecule has 0 aliphatic carbocycles. The Kier molecular flexibility index (Phi) is 12.4. The van der Waals surface area contributed by atoms with Crippen molar-refractivity contribution < 1.29 is 41.9 Å². The maximum atomic E-state index is 13.9. The Balaban J connectivity index is 2.96. The minimum Gasteiger partial charge on any atom is -0.345 e. The van der Waals surface area contributed by atoms with Gasteiger partial charge >= 0.3 is 6.18 Å². The van der Waals surface area contributed by atoms with Gasteiger partial charge in [-0.3, -0.25) is 28.8 Å². The minimum absolute atomic E-state index is 0.168. The molecule has 0 aromatic carbocycles. The summed E-state index contributed by atoms with van der Waals surface area (Å²) in [7, 11) is 0. The van der Waals surface area contributed by atoms with Crippen LogP contribution in [0.5, 0.6) is 0 Å². The van der Waals surface area contributed by atoms with Gasteiger partial charge in [-0.05, 0) is 47.5 Å². The molecule has 11 nitrogen and oxygen atoms in total. The van der Waals surface area contributed by atoms with Crippen LogP contribution in [-0.4, -0.2) is 95.1 Å². The molecular formula is C25H40F3N5O6. The van der Waals surface area contributed by atoms with Gasteiger partial charge in [-0.15, -0.1) is 0 Å². The third kappa shape index (κ3) is 8.92. The summed E-state index contributed by atoms with van der Waals surface area (Å²) in [5.74, 6) is -8.93. The van der Waals surface area contributed by atoms with Crippen molar-refractivity contribution in [1.29, 1.82) is 0 Å². The Morgan fingerprint density at radius 2 is 1.46 bits per heavy atom. The van der Waals surface area contributed by atoms with E-state index in [1.807, 2.05) is 0 Å². The Morgan fingerprint density at radius 3 is 1.95 bits per heavy atom. The molecule has 1 saturated heterocycles. The zero-order valence-electron chi connectivity index (χ0n) is 23.5. The SMILES string of the molecule is CCN(CC)C(=O)C(C)C(C(=O)[C@H](C)NC(=O)[C@@H]1CCCN1C(=O)[C@H](C)NC(=O)[C@H](C)NC(C)=O)C(F)(F)F. The smallest absolute Gasteiger partial charge is 0.345 e. The first-order valence-corrected chi connectivity index (χ1v) is 13.0. The molecule has 1 heterocycles. The lowest BCUT2D eigenvalue weighted by molar-refractivity contribution is -0.196. The maximum absolute atomic E-state index is 13.9. The first-order valence-electron chi connectivity index (χ1n) is 13.0. The second-order valence-corrected chi connectivity index (χ2v) is 9.79. The van der Waals surface area contributed by atoms with Gasteiger partial charge < -0.3 is 25.8 Å². The van der Waals surface area contributed by atoms with E-state index >= 15 is 0 Å². The fourth-order valence-electron chi connectivity index (χ4n) is 4.63. The summed E-state index contributed by atoms with van der Waals surface area (Å²) < 4.78 is 41.8. The van der Waals surface area contributed by atoms with E-state index in [1.54, 1.807) is 13.8 Å². The Bertz CT molecular complexity index is 940. The van der Waals surface area contributed by atoms with Crippen molar-refractivity contribution in [2.75, 3.05) is 19.6 Å². The highest BCUT2D eigenvalue weighted by Gasteiger charge is 2.52. The van der Waals surface area contributed by atoms with Crippen LogP contribution in [-0.2, 0) is 28.8 Å². The number of nitrogens with zero attached hydrogens (tertiary/aromatic N) is 2. The van der Waals surface area contributed by atoms with E-state index in [0.717, 1.165) is 13.8 Å². The fraction of sp³-hybridized carbons (Fsp3) is 0.760. The lowest BCUT2D eigenvalue weighted by atomic mass is 9.85. The predicted octanol–water partition coefficient (Wildman–Crippen LogP) is 0.764. The van der Waals surface area contributed by atoms with Crippen LogP contribution in [0.25, 0.3) is 0 Å². The number of nitrogens with one attached hydrogen (secondary N) is 3. The van der Waals surface area contributed by atoms with Gasteiger partial charge in [0.25, 0.3) is 0 Å². The van der Waals surface area contributed by atoms with Crippen LogP contribution in [0.1, 0.15) is 61.3 Å². The van der Waals surface area contributed by atoms with Crippen LogP contribution in [0, 0.1) is 11.8 Å². The Morgan fingerprint density at radius 1 is 0.897 bits per heavy atom. The summed E-state index contributed by atoms with van der Waals surface area (Å²) in [4.78, 5) is 77.3. The van der Waals surface area contributed by atoms with Gasteiger partial charge in [-0.25, -0.2) is 0 Å². The van der Waals surface area contributed by atoms with Gasteiger partial charge in [0.1, 0.15) is 24.0 Å². The van der Waals surface area contributed by atoms with Crippen LogP contribution in [0.2, 0.25) is 0 Å². The van der Waals surface area contributed by atoms with Crippen molar-refractivity contribution in [2.24, 2.45) is 11.8 Å². The van der Waals surface area contributed by atoms with Crippen LogP contribution >= 0.6 is 0 Å². The molecule has 0 spiro atoms. The molecule has 0 bridgehead atoms. The van der Waals surface area contributed by atoms with Gasteiger partial charge in [0.05, 0.1) is 12.0 Å². The molecule has 3 N–H and O–H groups in total. The summed E-state index contributed by atoms with van der Waals surface area (Å²) in [6, 6.07) is -4.59. The second-order valence-electron chi connectivity index (χ2n) is 9.79. The van der Waals surface area contributed by atoms with Crippen molar-refractivity contribution in [3.8, 4) is 0 Å². The number of amides is 5. The van der Waals surface area contributed by atoms with Crippen LogP contribution in [0.3, 0.4) is 0 Å². The molecule has 0 saturated carbocycles. The van der Waals surface area contributed by atoms with E-state index in [-0.39, 0.29) is 26.1 Å².